The van der Waals surface area contributed by atoms with E-state index in [0.29, 0.717) is 17.1 Å². The zero-order chi connectivity index (χ0) is 15.3. The van der Waals surface area contributed by atoms with Crippen molar-refractivity contribution in [2.45, 2.75) is 18.1 Å². The van der Waals surface area contributed by atoms with Gasteiger partial charge in [0, 0.05) is 29.2 Å². The van der Waals surface area contributed by atoms with Crippen LogP contribution in [-0.4, -0.2) is 22.1 Å². The minimum absolute atomic E-state index is 0.331. The summed E-state index contributed by atoms with van der Waals surface area (Å²) < 4.78 is 27.0. The molecule has 0 aromatic carbocycles. The molecule has 4 nitrogen and oxygen atoms in total. The number of hydrogen-bond acceptors (Lipinski definition) is 3. The minimum Gasteiger partial charge on any atom is -0.237 e. The zero-order valence-electron chi connectivity index (χ0n) is 11.1. The van der Waals surface area contributed by atoms with Gasteiger partial charge in [0.25, 0.3) is 0 Å². The average molecular weight is 388 g/mol. The predicted octanol–water partition coefficient (Wildman–Crippen LogP) is 3.78. The molecule has 0 amide bonds. The minimum atomic E-state index is -3.69. The maximum atomic E-state index is 13.0. The van der Waals surface area contributed by atoms with Crippen LogP contribution in [0, 0.1) is 0 Å². The van der Waals surface area contributed by atoms with E-state index in [1.807, 2.05) is 6.07 Å². The fourth-order valence-corrected chi connectivity index (χ4v) is 5.69. The van der Waals surface area contributed by atoms with Gasteiger partial charge in [0.1, 0.15) is 4.75 Å². The quantitative estimate of drug-likeness (QED) is 0.788. The van der Waals surface area contributed by atoms with Gasteiger partial charge in [0.05, 0.1) is 0 Å². The maximum Gasteiger partial charge on any atom is 0.249 e. The monoisotopic (exact) mass is 386 g/mol. The summed E-state index contributed by atoms with van der Waals surface area (Å²) in [6, 6.07) is 5.34. The van der Waals surface area contributed by atoms with Gasteiger partial charge in [-0.2, -0.15) is 0 Å². The third-order valence-electron chi connectivity index (χ3n) is 3.52. The third-order valence-corrected chi connectivity index (χ3v) is 6.50. The molecule has 0 bridgehead atoms. The normalized spacial score (nSPS) is 23.0. The average Bonchev–Trinajstić information content (AvgIpc) is 2.81. The van der Waals surface area contributed by atoms with Crippen LogP contribution < -0.4 is 0 Å². The van der Waals surface area contributed by atoms with Gasteiger partial charge in [-0.25, -0.2) is 17.4 Å². The molecule has 0 N–H and O–H groups in total. The molecule has 1 aliphatic carbocycles. The SMILES string of the molecule is CC1(S(=O)(=O)n2ccc3cccnc32)C=C(Cl)C=C(Br)C1. The van der Waals surface area contributed by atoms with E-state index in [1.165, 1.54) is 10.2 Å². The number of fused-ring (bicyclic) bond motifs is 1. The van der Waals surface area contributed by atoms with Crippen LogP contribution in [0.25, 0.3) is 11.0 Å². The Hall–Kier alpha value is -1.11. The van der Waals surface area contributed by atoms with Crippen molar-refractivity contribution >= 4 is 48.6 Å². The van der Waals surface area contributed by atoms with Crippen molar-refractivity contribution in [2.24, 2.45) is 0 Å². The van der Waals surface area contributed by atoms with Crippen molar-refractivity contribution in [2.75, 3.05) is 0 Å². The molecule has 2 heterocycles. The molecular weight excluding hydrogens is 376 g/mol. The molecule has 0 saturated carbocycles. The third kappa shape index (κ3) is 2.35. The van der Waals surface area contributed by atoms with Crippen molar-refractivity contribution in [3.63, 3.8) is 0 Å². The fraction of sp³-hybridized carbons (Fsp3) is 0.214. The Labute approximate surface area is 136 Å². The summed E-state index contributed by atoms with van der Waals surface area (Å²) in [5.74, 6) is 0. The Kier molecular flexibility index (Phi) is 3.50. The van der Waals surface area contributed by atoms with Gasteiger partial charge in [0.2, 0.25) is 10.0 Å². The first-order valence-electron chi connectivity index (χ1n) is 6.25. The smallest absolute Gasteiger partial charge is 0.237 e. The Balaban J connectivity index is 2.20. The van der Waals surface area contributed by atoms with Gasteiger partial charge in [-0.1, -0.05) is 27.5 Å². The van der Waals surface area contributed by atoms with E-state index in [9.17, 15) is 8.42 Å². The largest absolute Gasteiger partial charge is 0.249 e. The zero-order valence-corrected chi connectivity index (χ0v) is 14.3. The number of rotatable bonds is 2. The molecule has 21 heavy (non-hydrogen) atoms. The van der Waals surface area contributed by atoms with E-state index in [4.69, 9.17) is 11.6 Å². The molecule has 0 saturated heterocycles. The van der Waals surface area contributed by atoms with Crippen molar-refractivity contribution in [1.82, 2.24) is 8.96 Å². The summed E-state index contributed by atoms with van der Waals surface area (Å²) in [4.78, 5) is 4.18. The second-order valence-corrected chi connectivity index (χ2v) is 8.87. The van der Waals surface area contributed by atoms with Crippen LogP contribution in [0.3, 0.4) is 0 Å². The number of hydrogen-bond donors (Lipinski definition) is 0. The summed E-state index contributed by atoms with van der Waals surface area (Å²) in [7, 11) is -3.69. The Bertz CT molecular complexity index is 885. The summed E-state index contributed by atoms with van der Waals surface area (Å²) in [5, 5.41) is 1.19. The van der Waals surface area contributed by atoms with E-state index in [2.05, 4.69) is 20.9 Å². The molecule has 2 aromatic rings. The molecule has 0 aliphatic heterocycles. The van der Waals surface area contributed by atoms with E-state index < -0.39 is 14.8 Å². The van der Waals surface area contributed by atoms with Gasteiger partial charge in [0.15, 0.2) is 5.65 Å². The predicted molar refractivity (Wildman–Crippen MR) is 88.0 cm³/mol. The fourth-order valence-electron chi connectivity index (χ4n) is 2.45. The number of halogens is 2. The molecule has 1 aliphatic rings. The molecule has 0 fully saturated rings. The van der Waals surface area contributed by atoms with Crippen LogP contribution in [0.15, 0.2) is 52.3 Å². The second kappa shape index (κ2) is 4.97. The molecular formula is C14H12BrClN2O2S. The highest BCUT2D eigenvalue weighted by molar-refractivity contribution is 9.11. The molecule has 3 rings (SSSR count). The highest BCUT2D eigenvalue weighted by Crippen LogP contribution is 2.38. The van der Waals surface area contributed by atoms with Crippen LogP contribution in [0.4, 0.5) is 0 Å². The Morgan fingerprint density at radius 1 is 1.43 bits per heavy atom. The number of nitrogens with zero attached hydrogens (tertiary/aromatic N) is 2. The van der Waals surface area contributed by atoms with E-state index in [1.54, 1.807) is 37.4 Å². The highest BCUT2D eigenvalue weighted by Gasteiger charge is 2.41. The number of allylic oxidation sites excluding steroid dienone is 3. The number of aromatic nitrogens is 2. The molecule has 1 atom stereocenters. The molecule has 0 spiro atoms. The van der Waals surface area contributed by atoms with Gasteiger partial charge in [-0.15, -0.1) is 0 Å². The first-order chi connectivity index (χ1) is 9.83. The van der Waals surface area contributed by atoms with Crippen molar-refractivity contribution in [1.29, 1.82) is 0 Å². The molecule has 2 aromatic heterocycles. The van der Waals surface area contributed by atoms with E-state index in [-0.39, 0.29) is 0 Å². The summed E-state index contributed by atoms with van der Waals surface area (Å²) in [6.07, 6.45) is 6.73. The van der Waals surface area contributed by atoms with Crippen LogP contribution >= 0.6 is 27.5 Å². The Morgan fingerprint density at radius 3 is 2.90 bits per heavy atom. The van der Waals surface area contributed by atoms with E-state index >= 15 is 0 Å². The molecule has 110 valence electrons. The van der Waals surface area contributed by atoms with Crippen molar-refractivity contribution < 1.29 is 8.42 Å². The molecule has 7 heteroatoms. The lowest BCUT2D eigenvalue weighted by atomic mass is 10.0. The van der Waals surface area contributed by atoms with Gasteiger partial charge < -0.3 is 0 Å². The first-order valence-corrected chi connectivity index (χ1v) is 8.86. The standard InChI is InChI=1S/C14H12BrClN2O2S/c1-14(8-11(15)7-12(16)9-14)21(19,20)18-6-4-10-3-2-5-17-13(10)18/h2-7,9H,8H2,1H3. The number of pyridine rings is 1. The van der Waals surface area contributed by atoms with Crippen molar-refractivity contribution in [3.8, 4) is 0 Å². The van der Waals surface area contributed by atoms with Crippen LogP contribution in [0.1, 0.15) is 13.3 Å². The first kappa shape index (κ1) is 14.8. The lowest BCUT2D eigenvalue weighted by Gasteiger charge is -2.29. The summed E-state index contributed by atoms with van der Waals surface area (Å²) in [6.45, 7) is 1.66. The van der Waals surface area contributed by atoms with Gasteiger partial charge in [-0.3, -0.25) is 0 Å². The second-order valence-electron chi connectivity index (χ2n) is 5.14. The molecule has 0 radical (unpaired) electrons. The maximum absolute atomic E-state index is 13.0. The molecule has 1 unspecified atom stereocenters. The highest BCUT2D eigenvalue weighted by atomic mass is 79.9. The Morgan fingerprint density at radius 2 is 2.19 bits per heavy atom. The van der Waals surface area contributed by atoms with Crippen LogP contribution in [0.2, 0.25) is 0 Å². The summed E-state index contributed by atoms with van der Waals surface area (Å²) >= 11 is 9.40. The van der Waals surface area contributed by atoms with E-state index in [0.717, 1.165) is 9.87 Å². The lowest BCUT2D eigenvalue weighted by molar-refractivity contribution is 0.553. The van der Waals surface area contributed by atoms with Crippen LogP contribution in [0.5, 0.6) is 0 Å². The van der Waals surface area contributed by atoms with Crippen LogP contribution in [-0.2, 0) is 10.0 Å². The van der Waals surface area contributed by atoms with Gasteiger partial charge >= 0.3 is 0 Å². The lowest BCUT2D eigenvalue weighted by Crippen LogP contribution is -2.38. The van der Waals surface area contributed by atoms with Gasteiger partial charge in [-0.05, 0) is 41.8 Å². The summed E-state index contributed by atoms with van der Waals surface area (Å²) in [5.41, 5.74) is 0.425. The van der Waals surface area contributed by atoms with Crippen molar-refractivity contribution in [3.05, 3.63) is 52.3 Å². The topological polar surface area (TPSA) is 52.0 Å².